The summed E-state index contributed by atoms with van der Waals surface area (Å²) in [5.41, 5.74) is 5.15. The normalized spacial score (nSPS) is 11.3. The third-order valence-corrected chi connectivity index (χ3v) is 6.91. The smallest absolute Gasteiger partial charge is 0.233 e. The molecule has 0 aliphatic heterocycles. The molecule has 0 N–H and O–H groups in total. The minimum atomic E-state index is 0.0314. The monoisotopic (exact) mass is 448 g/mol. The predicted molar refractivity (Wildman–Crippen MR) is 131 cm³/mol. The Morgan fingerprint density at radius 2 is 1.71 bits per heavy atom. The Hall–Kier alpha value is -2.69. The number of hydrogen-bond acceptors (Lipinski definition) is 3. The predicted octanol–water partition coefficient (Wildman–Crippen LogP) is 7.16. The van der Waals surface area contributed by atoms with E-state index < -0.39 is 0 Å². The van der Waals surface area contributed by atoms with Crippen molar-refractivity contribution in [3.8, 4) is 0 Å². The van der Waals surface area contributed by atoms with E-state index in [-0.39, 0.29) is 5.91 Å². The minimum Gasteiger partial charge on any atom is -0.283 e. The topological polar surface area (TPSA) is 33.2 Å². The maximum atomic E-state index is 13.4. The molecule has 0 spiro atoms. The van der Waals surface area contributed by atoms with Crippen molar-refractivity contribution >= 4 is 44.2 Å². The van der Waals surface area contributed by atoms with Gasteiger partial charge in [-0.2, -0.15) is 0 Å². The van der Waals surface area contributed by atoms with Crippen molar-refractivity contribution in [3.05, 3.63) is 94.0 Å². The maximum Gasteiger partial charge on any atom is 0.233 e. The third kappa shape index (κ3) is 4.81. The lowest BCUT2D eigenvalue weighted by Gasteiger charge is -2.20. The van der Waals surface area contributed by atoms with Crippen LogP contribution in [0, 0.1) is 6.92 Å². The van der Waals surface area contributed by atoms with E-state index in [0.717, 1.165) is 26.9 Å². The Balaban J connectivity index is 1.67. The van der Waals surface area contributed by atoms with Gasteiger partial charge in [0, 0.05) is 5.02 Å². The van der Waals surface area contributed by atoms with E-state index in [1.807, 2.05) is 49.4 Å². The van der Waals surface area contributed by atoms with Crippen LogP contribution in [0.4, 0.5) is 5.13 Å². The molecular weight excluding hydrogens is 424 g/mol. The number of halogens is 1. The zero-order valence-electron chi connectivity index (χ0n) is 17.9. The van der Waals surface area contributed by atoms with Crippen molar-refractivity contribution in [1.82, 2.24) is 4.98 Å². The van der Waals surface area contributed by atoms with Crippen LogP contribution in [0.5, 0.6) is 0 Å². The highest BCUT2D eigenvalue weighted by Crippen LogP contribution is 2.34. The molecule has 5 heteroatoms. The average Bonchev–Trinajstić information content (AvgIpc) is 3.20. The van der Waals surface area contributed by atoms with Crippen LogP contribution in [-0.2, 0) is 17.8 Å². The summed E-state index contributed by atoms with van der Waals surface area (Å²) in [6, 6.07) is 22.2. The molecule has 158 valence electrons. The Bertz CT molecular complexity index is 1200. The van der Waals surface area contributed by atoms with Gasteiger partial charge in [0.05, 0.1) is 23.2 Å². The maximum absolute atomic E-state index is 13.4. The first-order chi connectivity index (χ1) is 14.9. The van der Waals surface area contributed by atoms with E-state index in [2.05, 4.69) is 38.1 Å². The van der Waals surface area contributed by atoms with E-state index in [0.29, 0.717) is 29.0 Å². The number of fused-ring (bicyclic) bond motifs is 1. The summed E-state index contributed by atoms with van der Waals surface area (Å²) in [5, 5.41) is 1.39. The van der Waals surface area contributed by atoms with Gasteiger partial charge in [0.15, 0.2) is 5.13 Å². The van der Waals surface area contributed by atoms with Crippen LogP contribution in [-0.4, -0.2) is 10.9 Å². The van der Waals surface area contributed by atoms with Gasteiger partial charge in [-0.25, -0.2) is 4.98 Å². The van der Waals surface area contributed by atoms with Crippen LogP contribution < -0.4 is 4.90 Å². The van der Waals surface area contributed by atoms with Gasteiger partial charge in [0.2, 0.25) is 5.91 Å². The highest BCUT2D eigenvalue weighted by atomic mass is 35.5. The molecule has 1 aromatic heterocycles. The fraction of sp³-hybridized carbons (Fsp3) is 0.231. The standard InChI is InChI=1S/C26H25ClN2OS/c1-17(2)21-11-9-19(10-12-21)15-24(30)29(16-20-7-5-4-6-8-20)26-28-25-18(3)22(27)13-14-23(25)31-26/h4-14,17H,15-16H2,1-3H3. The Labute approximate surface area is 192 Å². The SMILES string of the molecule is Cc1c(Cl)ccc2sc(N(Cc3ccccc3)C(=O)Cc3ccc(C(C)C)cc3)nc12. The van der Waals surface area contributed by atoms with Gasteiger partial charge in [-0.05, 0) is 47.2 Å². The number of thiazole rings is 1. The molecular formula is C26H25ClN2OS. The van der Waals surface area contributed by atoms with Crippen molar-refractivity contribution in [2.45, 2.75) is 39.7 Å². The Kier molecular flexibility index (Phi) is 6.40. The average molecular weight is 449 g/mol. The molecule has 4 aromatic rings. The second kappa shape index (κ2) is 9.21. The number of carbonyl (C=O) groups is 1. The minimum absolute atomic E-state index is 0.0314. The summed E-state index contributed by atoms with van der Waals surface area (Å²) in [5.74, 6) is 0.501. The molecule has 31 heavy (non-hydrogen) atoms. The number of benzene rings is 3. The van der Waals surface area contributed by atoms with Crippen LogP contribution in [0.25, 0.3) is 10.2 Å². The lowest BCUT2D eigenvalue weighted by Crippen LogP contribution is -2.31. The number of hydrogen-bond donors (Lipinski definition) is 0. The molecule has 3 nitrogen and oxygen atoms in total. The quantitative estimate of drug-likeness (QED) is 0.313. The number of anilines is 1. The number of aryl methyl sites for hydroxylation is 1. The molecule has 1 amide bonds. The van der Waals surface area contributed by atoms with Gasteiger partial charge in [-0.1, -0.05) is 91.4 Å². The highest BCUT2D eigenvalue weighted by Gasteiger charge is 2.21. The number of rotatable bonds is 6. The largest absolute Gasteiger partial charge is 0.283 e. The lowest BCUT2D eigenvalue weighted by atomic mass is 10.0. The van der Waals surface area contributed by atoms with Crippen molar-refractivity contribution in [3.63, 3.8) is 0 Å². The lowest BCUT2D eigenvalue weighted by molar-refractivity contribution is -0.118. The van der Waals surface area contributed by atoms with Crippen LogP contribution in [0.1, 0.15) is 42.0 Å². The molecule has 0 aliphatic carbocycles. The summed E-state index contributed by atoms with van der Waals surface area (Å²) in [6.45, 7) is 6.79. The number of amides is 1. The molecule has 3 aromatic carbocycles. The second-order valence-corrected chi connectivity index (χ2v) is 9.47. The second-order valence-electron chi connectivity index (χ2n) is 8.05. The third-order valence-electron chi connectivity index (χ3n) is 5.45. The van der Waals surface area contributed by atoms with Gasteiger partial charge in [-0.15, -0.1) is 0 Å². The van der Waals surface area contributed by atoms with E-state index >= 15 is 0 Å². The van der Waals surface area contributed by atoms with Crippen molar-refractivity contribution < 1.29 is 4.79 Å². The summed E-state index contributed by atoms with van der Waals surface area (Å²) in [4.78, 5) is 20.0. The molecule has 0 atom stereocenters. The molecule has 0 unspecified atom stereocenters. The van der Waals surface area contributed by atoms with Crippen LogP contribution >= 0.6 is 22.9 Å². The summed E-state index contributed by atoms with van der Waals surface area (Å²) in [6.07, 6.45) is 0.334. The first-order valence-electron chi connectivity index (χ1n) is 10.4. The first kappa shape index (κ1) is 21.5. The number of aromatic nitrogens is 1. The highest BCUT2D eigenvalue weighted by molar-refractivity contribution is 7.22. The van der Waals surface area contributed by atoms with E-state index in [1.165, 1.54) is 16.9 Å². The van der Waals surface area contributed by atoms with E-state index in [9.17, 15) is 4.79 Å². The van der Waals surface area contributed by atoms with Crippen LogP contribution in [0.15, 0.2) is 66.7 Å². The first-order valence-corrected chi connectivity index (χ1v) is 11.6. The van der Waals surface area contributed by atoms with E-state index in [4.69, 9.17) is 16.6 Å². The summed E-state index contributed by atoms with van der Waals surface area (Å²) in [7, 11) is 0. The zero-order chi connectivity index (χ0) is 22.0. The van der Waals surface area contributed by atoms with Gasteiger partial charge in [-0.3, -0.25) is 9.69 Å². The molecule has 0 aliphatic rings. The molecule has 0 fully saturated rings. The molecule has 1 heterocycles. The Morgan fingerprint density at radius 1 is 1.00 bits per heavy atom. The fourth-order valence-electron chi connectivity index (χ4n) is 3.52. The molecule has 0 saturated carbocycles. The molecule has 0 saturated heterocycles. The van der Waals surface area contributed by atoms with E-state index in [1.54, 1.807) is 4.90 Å². The molecule has 0 radical (unpaired) electrons. The van der Waals surface area contributed by atoms with Gasteiger partial charge < -0.3 is 0 Å². The summed E-state index contributed by atoms with van der Waals surface area (Å²) < 4.78 is 1.03. The van der Waals surface area contributed by atoms with Crippen molar-refractivity contribution in [1.29, 1.82) is 0 Å². The van der Waals surface area contributed by atoms with Crippen molar-refractivity contribution in [2.24, 2.45) is 0 Å². The van der Waals surface area contributed by atoms with Gasteiger partial charge in [0.25, 0.3) is 0 Å². The molecule has 0 bridgehead atoms. The molecule has 4 rings (SSSR count). The van der Waals surface area contributed by atoms with Gasteiger partial charge in [0.1, 0.15) is 0 Å². The van der Waals surface area contributed by atoms with Gasteiger partial charge >= 0.3 is 0 Å². The van der Waals surface area contributed by atoms with Crippen LogP contribution in [0.3, 0.4) is 0 Å². The zero-order valence-corrected chi connectivity index (χ0v) is 19.5. The Morgan fingerprint density at radius 3 is 2.39 bits per heavy atom. The van der Waals surface area contributed by atoms with Crippen LogP contribution in [0.2, 0.25) is 5.02 Å². The van der Waals surface area contributed by atoms with Crippen molar-refractivity contribution in [2.75, 3.05) is 4.90 Å². The fourth-order valence-corrected chi connectivity index (χ4v) is 4.72. The summed E-state index contributed by atoms with van der Waals surface area (Å²) >= 11 is 7.82. The number of nitrogens with zero attached hydrogens (tertiary/aromatic N) is 2. The number of carbonyl (C=O) groups excluding carboxylic acids is 1.